The lowest BCUT2D eigenvalue weighted by Gasteiger charge is -2.09. The zero-order valence-electron chi connectivity index (χ0n) is 14.8. The van der Waals surface area contributed by atoms with Crippen molar-refractivity contribution in [1.82, 2.24) is 4.98 Å². The number of benzene rings is 2. The first kappa shape index (κ1) is 19.6. The van der Waals surface area contributed by atoms with Gasteiger partial charge in [0.15, 0.2) is 6.61 Å². The van der Waals surface area contributed by atoms with Crippen molar-refractivity contribution in [3.05, 3.63) is 59.1 Å². The summed E-state index contributed by atoms with van der Waals surface area (Å²) in [7, 11) is 0. The number of carbonyl (C=O) groups is 2. The van der Waals surface area contributed by atoms with E-state index in [0.29, 0.717) is 10.7 Å². The Morgan fingerprint density at radius 3 is 2.89 bits per heavy atom. The van der Waals surface area contributed by atoms with Crippen molar-refractivity contribution in [3.8, 4) is 5.40 Å². The van der Waals surface area contributed by atoms with Gasteiger partial charge in [0, 0.05) is 16.7 Å². The molecule has 2 aromatic carbocycles. The summed E-state index contributed by atoms with van der Waals surface area (Å²) >= 11 is 2.51. The number of carbonyl (C=O) groups excluding carboxylic acids is 2. The number of amides is 1. The van der Waals surface area contributed by atoms with Crippen molar-refractivity contribution < 1.29 is 14.3 Å². The highest BCUT2D eigenvalue weighted by atomic mass is 32.2. The number of hydrogen-bond acceptors (Lipinski definition) is 7. The zero-order valence-corrected chi connectivity index (χ0v) is 16.5. The van der Waals surface area contributed by atoms with Gasteiger partial charge in [0.05, 0.1) is 10.2 Å². The van der Waals surface area contributed by atoms with Crippen LogP contribution in [0.5, 0.6) is 0 Å². The molecular weight excluding hydrogens is 394 g/mol. The molecule has 0 bridgehead atoms. The molecule has 0 unspecified atom stereocenters. The number of thiocyanates is 1. The molecule has 1 aromatic heterocycles. The molecule has 1 amide bonds. The van der Waals surface area contributed by atoms with Crippen LogP contribution in [-0.4, -0.2) is 23.5 Å². The number of thiazole rings is 1. The van der Waals surface area contributed by atoms with Gasteiger partial charge in [0.25, 0.3) is 5.91 Å². The predicted molar refractivity (Wildman–Crippen MR) is 111 cm³/mol. The number of nitrogens with zero attached hydrogens (tertiary/aromatic N) is 2. The first-order chi connectivity index (χ1) is 13.5. The quantitative estimate of drug-likeness (QED) is 0.281. The van der Waals surface area contributed by atoms with Crippen LogP contribution in [0.15, 0.2) is 53.4 Å². The maximum atomic E-state index is 12.0. The van der Waals surface area contributed by atoms with E-state index in [2.05, 4.69) is 10.3 Å². The van der Waals surface area contributed by atoms with Gasteiger partial charge >= 0.3 is 5.97 Å². The minimum absolute atomic E-state index is 0.392. The van der Waals surface area contributed by atoms with Gasteiger partial charge in [-0.25, -0.2) is 9.78 Å². The molecule has 0 aliphatic heterocycles. The zero-order chi connectivity index (χ0) is 19.9. The second-order valence-electron chi connectivity index (χ2n) is 5.68. The number of thioether (sulfide) groups is 1. The van der Waals surface area contributed by atoms with Gasteiger partial charge in [-0.15, -0.1) is 11.3 Å². The summed E-state index contributed by atoms with van der Waals surface area (Å²) < 4.78 is 6.00. The topological polar surface area (TPSA) is 92.1 Å². The number of hydrogen-bond donors (Lipinski definition) is 1. The van der Waals surface area contributed by atoms with E-state index in [1.54, 1.807) is 24.3 Å². The third kappa shape index (κ3) is 5.19. The SMILES string of the molecule is Cc1cc(SC#N)ccc1NC(=O)COC(=O)/C=C/c1nc2ccccc2s1. The second kappa shape index (κ2) is 9.17. The monoisotopic (exact) mass is 409 g/mol. The first-order valence-corrected chi connectivity index (χ1v) is 9.85. The van der Waals surface area contributed by atoms with E-state index in [9.17, 15) is 9.59 Å². The maximum absolute atomic E-state index is 12.0. The lowest BCUT2D eigenvalue weighted by atomic mass is 10.2. The summed E-state index contributed by atoms with van der Waals surface area (Å²) in [6.45, 7) is 1.43. The van der Waals surface area contributed by atoms with Crippen molar-refractivity contribution in [3.63, 3.8) is 0 Å². The minimum atomic E-state index is -0.619. The van der Waals surface area contributed by atoms with Crippen molar-refractivity contribution in [2.24, 2.45) is 0 Å². The van der Waals surface area contributed by atoms with Gasteiger partial charge in [-0.2, -0.15) is 5.26 Å². The molecule has 0 atom stereocenters. The number of para-hydroxylation sites is 1. The fourth-order valence-corrected chi connectivity index (χ4v) is 3.71. The Morgan fingerprint density at radius 2 is 2.14 bits per heavy atom. The maximum Gasteiger partial charge on any atom is 0.331 e. The van der Waals surface area contributed by atoms with Gasteiger partial charge in [-0.05, 0) is 60.7 Å². The molecule has 0 saturated heterocycles. The van der Waals surface area contributed by atoms with E-state index < -0.39 is 18.5 Å². The third-order valence-corrected chi connectivity index (χ3v) is 5.24. The molecule has 3 rings (SSSR count). The Hall–Kier alpha value is -3.15. The molecule has 0 spiro atoms. The predicted octanol–water partition coefficient (Wildman–Crippen LogP) is 4.37. The van der Waals surface area contributed by atoms with Crippen LogP contribution in [0.1, 0.15) is 10.6 Å². The molecule has 0 aliphatic rings. The number of esters is 1. The fraction of sp³-hybridized carbons (Fsp3) is 0.100. The number of rotatable bonds is 6. The van der Waals surface area contributed by atoms with Crippen LogP contribution in [-0.2, 0) is 14.3 Å². The largest absolute Gasteiger partial charge is 0.452 e. The van der Waals surface area contributed by atoms with Crippen molar-refractivity contribution in [2.45, 2.75) is 11.8 Å². The van der Waals surface area contributed by atoms with E-state index in [0.717, 1.165) is 32.4 Å². The van der Waals surface area contributed by atoms with Gasteiger partial charge in [-0.1, -0.05) is 12.1 Å². The molecule has 1 N–H and O–H groups in total. The smallest absolute Gasteiger partial charge is 0.331 e. The molecule has 6 nitrogen and oxygen atoms in total. The van der Waals surface area contributed by atoms with E-state index in [-0.39, 0.29) is 0 Å². The summed E-state index contributed by atoms with van der Waals surface area (Å²) in [6, 6.07) is 12.9. The second-order valence-corrected chi connectivity index (χ2v) is 7.60. The Balaban J connectivity index is 1.51. The van der Waals surface area contributed by atoms with Crippen LogP contribution in [0, 0.1) is 17.6 Å². The Labute approximate surface area is 169 Å². The molecule has 8 heteroatoms. The third-order valence-electron chi connectivity index (χ3n) is 3.65. The lowest BCUT2D eigenvalue weighted by molar-refractivity contribution is -0.142. The van der Waals surface area contributed by atoms with Crippen molar-refractivity contribution >= 4 is 57.0 Å². The molecule has 1 heterocycles. The van der Waals surface area contributed by atoms with E-state index in [4.69, 9.17) is 10.00 Å². The standard InChI is InChI=1S/C20H15N3O3S2/c1-13-10-14(27-12-21)6-7-15(13)22-18(24)11-26-20(25)9-8-19-23-16-4-2-3-5-17(16)28-19/h2-10H,11H2,1H3,(H,22,24)/b9-8+. The van der Waals surface area contributed by atoms with E-state index >= 15 is 0 Å². The summed E-state index contributed by atoms with van der Waals surface area (Å²) in [5.41, 5.74) is 2.29. The lowest BCUT2D eigenvalue weighted by Crippen LogP contribution is -2.20. The van der Waals surface area contributed by atoms with Crippen molar-refractivity contribution in [1.29, 1.82) is 5.26 Å². The number of fused-ring (bicyclic) bond motifs is 1. The van der Waals surface area contributed by atoms with Crippen LogP contribution >= 0.6 is 23.1 Å². The number of aromatic nitrogens is 1. The van der Waals surface area contributed by atoms with Crippen LogP contribution in [0.25, 0.3) is 16.3 Å². The fourth-order valence-electron chi connectivity index (χ4n) is 2.36. The number of ether oxygens (including phenoxy) is 1. The Kier molecular flexibility index (Phi) is 6.42. The van der Waals surface area contributed by atoms with Crippen LogP contribution in [0.3, 0.4) is 0 Å². The average molecular weight is 409 g/mol. The number of nitriles is 1. The molecule has 28 heavy (non-hydrogen) atoms. The highest BCUT2D eigenvalue weighted by molar-refractivity contribution is 8.03. The molecule has 0 saturated carbocycles. The summed E-state index contributed by atoms with van der Waals surface area (Å²) in [5.74, 6) is -1.06. The van der Waals surface area contributed by atoms with Gasteiger partial charge in [0.1, 0.15) is 10.4 Å². The first-order valence-electron chi connectivity index (χ1n) is 8.22. The molecular formula is C20H15N3O3S2. The van der Waals surface area contributed by atoms with Crippen molar-refractivity contribution in [2.75, 3.05) is 11.9 Å². The van der Waals surface area contributed by atoms with Gasteiger partial charge in [-0.3, -0.25) is 4.79 Å². The van der Waals surface area contributed by atoms with Gasteiger partial charge < -0.3 is 10.1 Å². The highest BCUT2D eigenvalue weighted by Gasteiger charge is 2.08. The van der Waals surface area contributed by atoms with Crippen LogP contribution < -0.4 is 5.32 Å². The van der Waals surface area contributed by atoms with E-state index in [1.165, 1.54) is 17.4 Å². The molecule has 0 aliphatic carbocycles. The molecule has 140 valence electrons. The van der Waals surface area contributed by atoms with Crippen LogP contribution in [0.4, 0.5) is 5.69 Å². The summed E-state index contributed by atoms with van der Waals surface area (Å²) in [4.78, 5) is 29.0. The number of anilines is 1. The molecule has 0 radical (unpaired) electrons. The normalized spacial score (nSPS) is 10.7. The Bertz CT molecular complexity index is 1070. The number of nitrogens with one attached hydrogen (secondary N) is 1. The Morgan fingerprint density at radius 1 is 1.32 bits per heavy atom. The molecule has 3 aromatic rings. The minimum Gasteiger partial charge on any atom is -0.452 e. The average Bonchev–Trinajstić information content (AvgIpc) is 3.10. The molecule has 0 fully saturated rings. The van der Waals surface area contributed by atoms with Crippen LogP contribution in [0.2, 0.25) is 0 Å². The summed E-state index contributed by atoms with van der Waals surface area (Å²) in [5, 5.41) is 14.1. The summed E-state index contributed by atoms with van der Waals surface area (Å²) in [6.07, 6.45) is 2.82. The van der Waals surface area contributed by atoms with Gasteiger partial charge in [0.2, 0.25) is 0 Å². The van der Waals surface area contributed by atoms with E-state index in [1.807, 2.05) is 36.6 Å². The number of aryl methyl sites for hydroxylation is 1. The highest BCUT2D eigenvalue weighted by Crippen LogP contribution is 2.24.